The minimum absolute atomic E-state index is 0.340. The summed E-state index contributed by atoms with van der Waals surface area (Å²) in [5, 5.41) is 0. The largest absolute Gasteiger partial charge is 0.303 e. The molecule has 0 saturated heterocycles. The van der Waals surface area contributed by atoms with Gasteiger partial charge in [0.1, 0.15) is 19.0 Å². The third kappa shape index (κ3) is 32.1. The number of carbonyl (C=O) groups excluding carboxylic acids is 4. The Kier molecular flexibility index (Phi) is 21.0. The Hall–Kier alpha value is -1.80. The number of nitrogens with one attached hydrogen (secondary N) is 2. The van der Waals surface area contributed by atoms with Crippen molar-refractivity contribution >= 4 is 24.4 Å². The first-order valence-electron chi connectivity index (χ1n) is 6.61. The average Bonchev–Trinajstić information content (AvgIpc) is 2.39. The molecule has 2 amide bonds. The van der Waals surface area contributed by atoms with Gasteiger partial charge in [0.25, 0.3) is 0 Å². The van der Waals surface area contributed by atoms with Gasteiger partial charge in [-0.25, -0.2) is 11.7 Å². The van der Waals surface area contributed by atoms with Gasteiger partial charge < -0.3 is 9.59 Å². The fourth-order valence-corrected chi connectivity index (χ4v) is 0.633. The number of hydrazine groups is 2. The number of hydrogen-bond donors (Lipinski definition) is 4. The van der Waals surface area contributed by atoms with Gasteiger partial charge in [0, 0.05) is 12.8 Å². The van der Waals surface area contributed by atoms with Crippen LogP contribution in [0.25, 0.3) is 0 Å². The maximum Gasteiger partial charge on any atom is 0.243 e. The van der Waals surface area contributed by atoms with Gasteiger partial charge in [-0.1, -0.05) is 27.7 Å². The van der Waals surface area contributed by atoms with Crippen LogP contribution in [0.15, 0.2) is 0 Å². The molecule has 0 radical (unpaired) electrons. The van der Waals surface area contributed by atoms with E-state index in [0.29, 0.717) is 24.7 Å². The van der Waals surface area contributed by atoms with Gasteiger partial charge in [-0.3, -0.25) is 20.4 Å². The highest BCUT2D eigenvalue weighted by Gasteiger charge is 2.03. The predicted octanol–water partition coefficient (Wildman–Crippen LogP) is -0.181. The van der Waals surface area contributed by atoms with Gasteiger partial charge in [0.15, 0.2) is 0 Å². The quantitative estimate of drug-likeness (QED) is 0.176. The molecular weight excluding hydrogens is 276 g/mol. The molecule has 0 saturated carbocycles. The predicted molar refractivity (Wildman–Crippen MR) is 80.3 cm³/mol. The summed E-state index contributed by atoms with van der Waals surface area (Å²) < 4.78 is 0. The molecule has 0 aromatic heterocycles. The average molecular weight is 304 g/mol. The Morgan fingerprint density at radius 2 is 1.14 bits per heavy atom. The molecule has 0 atom stereocenters. The zero-order chi connectivity index (χ0) is 17.3. The highest BCUT2D eigenvalue weighted by Crippen LogP contribution is 1.93. The number of carbonyl (C=O) groups is 4. The molecule has 0 aliphatic carbocycles. The summed E-state index contributed by atoms with van der Waals surface area (Å²) in [6.07, 6.45) is 2.95. The fourth-order valence-electron chi connectivity index (χ4n) is 0.633. The number of aldehydes is 2. The van der Waals surface area contributed by atoms with E-state index in [2.05, 4.69) is 11.7 Å². The molecule has 6 N–H and O–H groups in total. The van der Waals surface area contributed by atoms with Crippen LogP contribution in [-0.4, -0.2) is 24.4 Å². The van der Waals surface area contributed by atoms with Crippen molar-refractivity contribution in [2.45, 2.75) is 47.0 Å². The topological polar surface area (TPSA) is 144 Å². The summed E-state index contributed by atoms with van der Waals surface area (Å²) >= 11 is 0. The molecule has 0 unspecified atom stereocenters. The Morgan fingerprint density at radius 3 is 1.24 bits per heavy atom. The first kappa shape index (κ1) is 24.2. The lowest BCUT2D eigenvalue weighted by Crippen LogP contribution is -2.37. The Bertz CT molecular complexity index is 266. The zero-order valence-corrected chi connectivity index (χ0v) is 13.2. The van der Waals surface area contributed by atoms with E-state index >= 15 is 0 Å². The van der Waals surface area contributed by atoms with E-state index in [1.165, 1.54) is 0 Å². The number of nitrogens with two attached hydrogens (primary N) is 2. The summed E-state index contributed by atoms with van der Waals surface area (Å²) in [6.45, 7) is 8.09. The zero-order valence-electron chi connectivity index (χ0n) is 13.2. The van der Waals surface area contributed by atoms with E-state index in [1.54, 1.807) is 10.9 Å². The molecule has 0 spiro atoms. The van der Waals surface area contributed by atoms with Crippen LogP contribution in [0.1, 0.15) is 47.0 Å². The highest BCUT2D eigenvalue weighted by atomic mass is 16.2. The van der Waals surface area contributed by atoms with Crippen LogP contribution in [0.3, 0.4) is 0 Å². The van der Waals surface area contributed by atoms with Crippen LogP contribution in [-0.2, 0) is 19.2 Å². The van der Waals surface area contributed by atoms with Gasteiger partial charge in [-0.2, -0.15) is 0 Å². The molecule has 0 aromatic rings. The summed E-state index contributed by atoms with van der Waals surface area (Å²) in [5.74, 6) is 9.23. The Morgan fingerprint density at radius 1 is 0.857 bits per heavy atom. The van der Waals surface area contributed by atoms with Gasteiger partial charge in [0.2, 0.25) is 11.8 Å². The summed E-state index contributed by atoms with van der Waals surface area (Å²) in [4.78, 5) is 39.7. The van der Waals surface area contributed by atoms with Gasteiger partial charge in [-0.05, 0) is 11.8 Å². The van der Waals surface area contributed by atoms with Crippen molar-refractivity contribution < 1.29 is 19.2 Å². The molecule has 0 fully saturated rings. The van der Waals surface area contributed by atoms with E-state index in [1.807, 2.05) is 27.7 Å². The lowest BCUT2D eigenvalue weighted by atomic mass is 10.2. The lowest BCUT2D eigenvalue weighted by molar-refractivity contribution is -0.129. The molecule has 0 rings (SSSR count). The monoisotopic (exact) mass is 304 g/mol. The van der Waals surface area contributed by atoms with Crippen molar-refractivity contribution in [1.29, 1.82) is 0 Å². The maximum atomic E-state index is 10.2. The molecule has 8 nitrogen and oxygen atoms in total. The number of amides is 2. The van der Waals surface area contributed by atoms with E-state index in [0.717, 1.165) is 12.6 Å². The van der Waals surface area contributed by atoms with Crippen molar-refractivity contribution in [1.82, 2.24) is 10.9 Å². The molecule has 0 bridgehead atoms. The third-order valence-corrected chi connectivity index (χ3v) is 1.78. The van der Waals surface area contributed by atoms with Crippen molar-refractivity contribution in [3.63, 3.8) is 0 Å². The first-order chi connectivity index (χ1) is 9.74. The fraction of sp³-hybridized carbons (Fsp3) is 0.692. The lowest BCUT2D eigenvalue weighted by Gasteiger charge is -1.95. The maximum absolute atomic E-state index is 10.2. The second kappa shape index (κ2) is 18.2. The van der Waals surface area contributed by atoms with Crippen molar-refractivity contribution in [2.24, 2.45) is 23.5 Å². The van der Waals surface area contributed by atoms with Gasteiger partial charge in [0.05, 0.1) is 0 Å². The molecule has 21 heavy (non-hydrogen) atoms. The molecular formula is C13H28N4O4. The van der Waals surface area contributed by atoms with Crippen LogP contribution in [0.2, 0.25) is 0 Å². The second-order valence-electron chi connectivity index (χ2n) is 4.90. The normalized spacial score (nSPS) is 8.76. The summed E-state index contributed by atoms with van der Waals surface area (Å²) in [7, 11) is 0. The third-order valence-electron chi connectivity index (χ3n) is 1.78. The SMILES string of the molecule is CC(C)CC=O.CC(C)CC=O.NNC(=O)CC(=O)NN. The van der Waals surface area contributed by atoms with Gasteiger partial charge in [-0.15, -0.1) is 0 Å². The van der Waals surface area contributed by atoms with Crippen LogP contribution < -0.4 is 22.5 Å². The second-order valence-corrected chi connectivity index (χ2v) is 4.90. The Balaban J connectivity index is -0.000000240. The summed E-state index contributed by atoms with van der Waals surface area (Å²) in [5.41, 5.74) is 3.55. The van der Waals surface area contributed by atoms with Crippen LogP contribution in [0.4, 0.5) is 0 Å². The van der Waals surface area contributed by atoms with Crippen LogP contribution in [0.5, 0.6) is 0 Å². The minimum atomic E-state index is -0.571. The first-order valence-corrected chi connectivity index (χ1v) is 6.61. The molecule has 0 aliphatic rings. The summed E-state index contributed by atoms with van der Waals surface area (Å²) in [6, 6.07) is 0. The smallest absolute Gasteiger partial charge is 0.243 e. The molecule has 8 heteroatoms. The van der Waals surface area contributed by atoms with E-state index in [-0.39, 0.29) is 6.42 Å². The molecule has 0 aliphatic heterocycles. The van der Waals surface area contributed by atoms with E-state index < -0.39 is 11.8 Å². The van der Waals surface area contributed by atoms with Crippen molar-refractivity contribution in [2.75, 3.05) is 0 Å². The van der Waals surface area contributed by atoms with Crippen molar-refractivity contribution in [3.8, 4) is 0 Å². The van der Waals surface area contributed by atoms with Crippen LogP contribution >= 0.6 is 0 Å². The van der Waals surface area contributed by atoms with Gasteiger partial charge >= 0.3 is 0 Å². The van der Waals surface area contributed by atoms with Crippen LogP contribution in [0, 0.1) is 11.8 Å². The number of hydrogen-bond acceptors (Lipinski definition) is 6. The Labute approximate surface area is 125 Å². The molecule has 0 heterocycles. The van der Waals surface area contributed by atoms with E-state index in [9.17, 15) is 19.2 Å². The number of rotatable bonds is 6. The minimum Gasteiger partial charge on any atom is -0.303 e. The van der Waals surface area contributed by atoms with Crippen molar-refractivity contribution in [3.05, 3.63) is 0 Å². The molecule has 124 valence electrons. The standard InChI is InChI=1S/2C5H10O.C3H8N4O2/c2*1-5(2)3-4-6;4-6-2(8)1-3(9)7-5/h2*4-5H,3H2,1-2H3;1,4-5H2,(H,6,8)(H,7,9). The molecule has 0 aromatic carbocycles. The highest BCUT2D eigenvalue weighted by molar-refractivity contribution is 5.96. The van der Waals surface area contributed by atoms with E-state index in [4.69, 9.17) is 0 Å².